The van der Waals surface area contributed by atoms with Gasteiger partial charge in [0, 0.05) is 5.02 Å². The predicted molar refractivity (Wildman–Crippen MR) is 94.7 cm³/mol. The Kier molecular flexibility index (Phi) is 5.65. The molecule has 0 amide bonds. The van der Waals surface area contributed by atoms with Crippen molar-refractivity contribution in [3.05, 3.63) is 57.5 Å². The Hall–Kier alpha value is -1.47. The molecular weight excluding hydrogens is 397 g/mol. The third-order valence-corrected chi connectivity index (χ3v) is 6.15. The van der Waals surface area contributed by atoms with Crippen molar-refractivity contribution in [2.24, 2.45) is 0 Å². The van der Waals surface area contributed by atoms with E-state index in [1.807, 2.05) is 0 Å². The molecule has 0 bridgehead atoms. The maximum absolute atomic E-state index is 13.1. The molecule has 0 aromatic heterocycles. The van der Waals surface area contributed by atoms with Crippen molar-refractivity contribution < 1.29 is 18.3 Å². The molecule has 0 saturated heterocycles. The van der Waals surface area contributed by atoms with Crippen LogP contribution >= 0.6 is 34.8 Å². The number of halogens is 3. The van der Waals surface area contributed by atoms with Gasteiger partial charge in [0.05, 0.1) is 15.7 Å². The van der Waals surface area contributed by atoms with Gasteiger partial charge in [-0.2, -0.15) is 0 Å². The molecule has 0 spiro atoms. The fourth-order valence-electron chi connectivity index (χ4n) is 2.06. The highest BCUT2D eigenvalue weighted by molar-refractivity contribution is 7.93. The maximum atomic E-state index is 13.1. The van der Waals surface area contributed by atoms with Crippen molar-refractivity contribution in [2.45, 2.75) is 17.9 Å². The number of carboxylic acids is 1. The lowest BCUT2D eigenvalue weighted by atomic mass is 10.2. The quantitative estimate of drug-likeness (QED) is 0.799. The zero-order valence-electron chi connectivity index (χ0n) is 12.3. The normalized spacial score (nSPS) is 12.7. The lowest BCUT2D eigenvalue weighted by Crippen LogP contribution is -2.43. The van der Waals surface area contributed by atoms with E-state index in [9.17, 15) is 18.3 Å². The van der Waals surface area contributed by atoms with Crippen LogP contribution in [0.15, 0.2) is 47.4 Å². The summed E-state index contributed by atoms with van der Waals surface area (Å²) in [6.07, 6.45) is 0. The second-order valence-electron chi connectivity index (χ2n) is 4.84. The van der Waals surface area contributed by atoms with Gasteiger partial charge in [-0.1, -0.05) is 46.9 Å². The molecule has 0 saturated carbocycles. The van der Waals surface area contributed by atoms with Gasteiger partial charge >= 0.3 is 5.97 Å². The van der Waals surface area contributed by atoms with Gasteiger partial charge in [-0.25, -0.2) is 13.2 Å². The lowest BCUT2D eigenvalue weighted by Gasteiger charge is -2.29. The summed E-state index contributed by atoms with van der Waals surface area (Å²) in [5.74, 6) is -1.34. The summed E-state index contributed by atoms with van der Waals surface area (Å²) in [5.41, 5.74) is 0.0325. The van der Waals surface area contributed by atoms with Crippen molar-refractivity contribution in [3.8, 4) is 0 Å². The van der Waals surface area contributed by atoms with E-state index in [0.29, 0.717) is 0 Å². The summed E-state index contributed by atoms with van der Waals surface area (Å²) in [6.45, 7) is 1.24. The molecule has 2 aromatic rings. The third-order valence-electron chi connectivity index (χ3n) is 3.23. The van der Waals surface area contributed by atoms with Crippen LogP contribution in [0.25, 0.3) is 0 Å². The molecule has 128 valence electrons. The first kappa shape index (κ1) is 18.9. The van der Waals surface area contributed by atoms with E-state index in [0.717, 1.165) is 10.4 Å². The summed E-state index contributed by atoms with van der Waals surface area (Å²) in [4.78, 5) is 11.1. The number of rotatable bonds is 5. The Labute approximate surface area is 154 Å². The molecule has 1 atom stereocenters. The van der Waals surface area contributed by atoms with Gasteiger partial charge in [-0.15, -0.1) is 0 Å². The summed E-state index contributed by atoms with van der Waals surface area (Å²) in [5, 5.41) is 9.50. The molecular formula is C15H12Cl3NO4S. The van der Waals surface area contributed by atoms with Crippen molar-refractivity contribution in [2.75, 3.05) is 4.31 Å². The summed E-state index contributed by atoms with van der Waals surface area (Å²) in [6, 6.07) is 8.55. The number of nitrogens with zero attached hydrogens (tertiary/aromatic N) is 1. The van der Waals surface area contributed by atoms with Crippen molar-refractivity contribution >= 4 is 56.5 Å². The van der Waals surface area contributed by atoms with Crippen LogP contribution in [0, 0.1) is 0 Å². The van der Waals surface area contributed by atoms with Crippen LogP contribution in [0.3, 0.4) is 0 Å². The lowest BCUT2D eigenvalue weighted by molar-refractivity contribution is -0.137. The number of carboxylic acid groups (broad SMARTS) is 1. The molecule has 0 aliphatic rings. The number of sulfonamides is 1. The fourth-order valence-corrected chi connectivity index (χ4v) is 4.71. The van der Waals surface area contributed by atoms with Gasteiger partial charge in [0.25, 0.3) is 10.0 Å². The smallest absolute Gasteiger partial charge is 0.327 e. The maximum Gasteiger partial charge on any atom is 0.327 e. The molecule has 0 aliphatic heterocycles. The Morgan fingerprint density at radius 3 is 2.29 bits per heavy atom. The molecule has 0 heterocycles. The van der Waals surface area contributed by atoms with Crippen LogP contribution in [-0.2, 0) is 14.8 Å². The highest BCUT2D eigenvalue weighted by Crippen LogP contribution is 2.35. The number of hydrogen-bond donors (Lipinski definition) is 1. The predicted octanol–water partition coefficient (Wildman–Crippen LogP) is 4.32. The van der Waals surface area contributed by atoms with Crippen LogP contribution in [0.1, 0.15) is 6.92 Å². The number of benzene rings is 2. The average molecular weight is 409 g/mol. The molecule has 5 nitrogen and oxygen atoms in total. The van der Waals surface area contributed by atoms with E-state index in [1.165, 1.54) is 31.2 Å². The Bertz CT molecular complexity index is 886. The molecule has 2 rings (SSSR count). The number of anilines is 1. The fraction of sp³-hybridized carbons (Fsp3) is 0.133. The molecule has 24 heavy (non-hydrogen) atoms. The zero-order valence-corrected chi connectivity index (χ0v) is 15.4. The van der Waals surface area contributed by atoms with E-state index in [2.05, 4.69) is 0 Å². The average Bonchev–Trinajstić information content (AvgIpc) is 2.51. The van der Waals surface area contributed by atoms with Crippen molar-refractivity contribution in [1.29, 1.82) is 0 Å². The summed E-state index contributed by atoms with van der Waals surface area (Å²) < 4.78 is 26.8. The molecule has 9 heteroatoms. The van der Waals surface area contributed by atoms with Crippen molar-refractivity contribution in [1.82, 2.24) is 0 Å². The van der Waals surface area contributed by atoms with Crippen LogP contribution in [0.5, 0.6) is 0 Å². The third kappa shape index (κ3) is 3.62. The van der Waals surface area contributed by atoms with Gasteiger partial charge in [0.15, 0.2) is 0 Å². The van der Waals surface area contributed by atoms with Gasteiger partial charge in [-0.05, 0) is 37.3 Å². The first-order valence-corrected chi connectivity index (χ1v) is 9.20. The molecule has 0 aliphatic carbocycles. The Morgan fingerprint density at radius 1 is 1.08 bits per heavy atom. The monoisotopic (exact) mass is 407 g/mol. The highest BCUT2D eigenvalue weighted by atomic mass is 35.5. The largest absolute Gasteiger partial charge is 0.480 e. The Morgan fingerprint density at radius 2 is 1.71 bits per heavy atom. The van der Waals surface area contributed by atoms with E-state index < -0.39 is 22.0 Å². The number of carbonyl (C=O) groups is 1. The van der Waals surface area contributed by atoms with Crippen LogP contribution in [0.4, 0.5) is 5.69 Å². The Balaban J connectivity index is 2.73. The molecule has 1 N–H and O–H groups in total. The molecule has 1 unspecified atom stereocenters. The first-order chi connectivity index (χ1) is 11.2. The van der Waals surface area contributed by atoms with Gasteiger partial charge in [0.2, 0.25) is 0 Å². The van der Waals surface area contributed by atoms with Crippen LogP contribution in [0.2, 0.25) is 15.1 Å². The van der Waals surface area contributed by atoms with E-state index in [1.54, 1.807) is 12.1 Å². The van der Waals surface area contributed by atoms with Gasteiger partial charge in [-0.3, -0.25) is 4.31 Å². The molecule has 0 fully saturated rings. The molecule has 2 aromatic carbocycles. The minimum absolute atomic E-state index is 0.0325. The van der Waals surface area contributed by atoms with Crippen LogP contribution < -0.4 is 4.31 Å². The molecule has 0 radical (unpaired) electrons. The minimum Gasteiger partial charge on any atom is -0.480 e. The van der Waals surface area contributed by atoms with E-state index in [4.69, 9.17) is 34.8 Å². The standard InChI is InChI=1S/C15H12Cl3NO4S/c1-9(15(20)21)19(13-5-3-2-4-11(13)17)24(22,23)14-8-10(16)6-7-12(14)18/h2-9H,1H3,(H,20,21). The number of aliphatic carboxylic acids is 1. The minimum atomic E-state index is -4.32. The number of para-hydroxylation sites is 1. The first-order valence-electron chi connectivity index (χ1n) is 6.63. The van der Waals surface area contributed by atoms with E-state index in [-0.39, 0.29) is 25.7 Å². The second-order valence-corrected chi connectivity index (χ2v) is 7.88. The SMILES string of the molecule is CC(C(=O)O)N(c1ccccc1Cl)S(=O)(=O)c1cc(Cl)ccc1Cl. The second kappa shape index (κ2) is 7.19. The van der Waals surface area contributed by atoms with E-state index >= 15 is 0 Å². The van der Waals surface area contributed by atoms with Gasteiger partial charge < -0.3 is 5.11 Å². The summed E-state index contributed by atoms with van der Waals surface area (Å²) >= 11 is 17.9. The zero-order chi connectivity index (χ0) is 18.1. The highest BCUT2D eigenvalue weighted by Gasteiger charge is 2.35. The summed E-state index contributed by atoms with van der Waals surface area (Å²) in [7, 11) is -4.32. The van der Waals surface area contributed by atoms with Crippen molar-refractivity contribution in [3.63, 3.8) is 0 Å². The van der Waals surface area contributed by atoms with Crippen LogP contribution in [-0.4, -0.2) is 25.5 Å². The van der Waals surface area contributed by atoms with Gasteiger partial charge in [0.1, 0.15) is 10.9 Å². The number of hydrogen-bond acceptors (Lipinski definition) is 3. The topological polar surface area (TPSA) is 74.7 Å².